The van der Waals surface area contributed by atoms with Crippen molar-refractivity contribution in [2.24, 2.45) is 0 Å². The first-order valence-corrected chi connectivity index (χ1v) is 6.64. The minimum atomic E-state index is 0.283. The number of rotatable bonds is 5. The highest BCUT2D eigenvalue weighted by Gasteiger charge is 2.15. The summed E-state index contributed by atoms with van der Waals surface area (Å²) >= 11 is 0. The van der Waals surface area contributed by atoms with E-state index >= 15 is 0 Å². The van der Waals surface area contributed by atoms with Crippen molar-refractivity contribution in [2.75, 3.05) is 0 Å². The number of oxazole rings is 1. The molecule has 2 atom stereocenters. The molecule has 0 aliphatic rings. The predicted octanol–water partition coefficient (Wildman–Crippen LogP) is 2.54. The van der Waals surface area contributed by atoms with Crippen molar-refractivity contribution in [2.45, 2.75) is 53.2 Å². The Morgan fingerprint density at radius 2 is 2.05 bits per heavy atom. The van der Waals surface area contributed by atoms with Gasteiger partial charge in [-0.15, -0.1) is 0 Å². The average Bonchev–Trinajstić information content (AvgIpc) is 2.93. The van der Waals surface area contributed by atoms with Crippen LogP contribution in [0.15, 0.2) is 16.8 Å². The van der Waals surface area contributed by atoms with Crippen LogP contribution in [0.3, 0.4) is 0 Å². The van der Waals surface area contributed by atoms with Crippen LogP contribution in [0.1, 0.15) is 42.8 Å². The monoisotopic (exact) mass is 262 g/mol. The lowest BCUT2D eigenvalue weighted by molar-refractivity contribution is 0.345. The number of aryl methyl sites for hydroxylation is 3. The van der Waals surface area contributed by atoms with Crippen LogP contribution in [-0.2, 0) is 6.54 Å². The van der Waals surface area contributed by atoms with Crippen LogP contribution in [0.2, 0.25) is 0 Å². The number of hydrogen-bond acceptors (Lipinski definition) is 4. The maximum Gasteiger partial charge on any atom is 0.208 e. The van der Waals surface area contributed by atoms with Crippen LogP contribution in [0.25, 0.3) is 0 Å². The maximum atomic E-state index is 5.56. The summed E-state index contributed by atoms with van der Waals surface area (Å²) < 4.78 is 7.54. The average molecular weight is 262 g/mol. The van der Waals surface area contributed by atoms with E-state index in [2.05, 4.69) is 35.4 Å². The van der Waals surface area contributed by atoms with Gasteiger partial charge in [0.25, 0.3) is 0 Å². The van der Waals surface area contributed by atoms with Crippen LogP contribution < -0.4 is 5.32 Å². The molecule has 5 nitrogen and oxygen atoms in total. The molecule has 2 aromatic rings. The third-order valence-electron chi connectivity index (χ3n) is 3.52. The highest BCUT2D eigenvalue weighted by Crippen LogP contribution is 2.12. The Balaban J connectivity index is 1.92. The minimum absolute atomic E-state index is 0.283. The van der Waals surface area contributed by atoms with E-state index in [-0.39, 0.29) is 12.1 Å². The molecule has 2 aromatic heterocycles. The quantitative estimate of drug-likeness (QED) is 0.899. The van der Waals surface area contributed by atoms with Crippen molar-refractivity contribution in [3.05, 3.63) is 35.3 Å². The molecule has 0 saturated carbocycles. The van der Waals surface area contributed by atoms with E-state index in [0.717, 1.165) is 17.3 Å². The first-order valence-electron chi connectivity index (χ1n) is 6.64. The first-order chi connectivity index (χ1) is 8.97. The van der Waals surface area contributed by atoms with Gasteiger partial charge in [-0.2, -0.15) is 5.10 Å². The zero-order valence-corrected chi connectivity index (χ0v) is 12.3. The molecule has 5 heteroatoms. The largest absolute Gasteiger partial charge is 0.444 e. The molecule has 0 aromatic carbocycles. The second-order valence-electron chi connectivity index (χ2n) is 5.16. The van der Waals surface area contributed by atoms with Crippen molar-refractivity contribution in [3.8, 4) is 0 Å². The standard InChI is InChI=1S/C14H22N4O/c1-9-6-16-18(8-9)12(4)10(2)15-7-14-17-11(3)13(5)19-14/h6,8,10,12,15H,7H2,1-5H3/t10-,12+/m1/s1. The van der Waals surface area contributed by atoms with Gasteiger partial charge in [0, 0.05) is 12.2 Å². The Morgan fingerprint density at radius 1 is 1.32 bits per heavy atom. The molecule has 0 radical (unpaired) electrons. The molecule has 0 fully saturated rings. The van der Waals surface area contributed by atoms with Crippen molar-refractivity contribution >= 4 is 0 Å². The van der Waals surface area contributed by atoms with E-state index in [9.17, 15) is 0 Å². The minimum Gasteiger partial charge on any atom is -0.444 e. The van der Waals surface area contributed by atoms with Gasteiger partial charge in [0.05, 0.1) is 24.5 Å². The second-order valence-corrected chi connectivity index (χ2v) is 5.16. The third-order valence-corrected chi connectivity index (χ3v) is 3.52. The molecule has 0 saturated heterocycles. The maximum absolute atomic E-state index is 5.56. The third kappa shape index (κ3) is 3.23. The van der Waals surface area contributed by atoms with E-state index in [1.807, 2.05) is 31.6 Å². The molecule has 2 rings (SSSR count). The molecule has 104 valence electrons. The molecule has 0 amide bonds. The van der Waals surface area contributed by atoms with Crippen LogP contribution >= 0.6 is 0 Å². The topological polar surface area (TPSA) is 55.9 Å². The van der Waals surface area contributed by atoms with Crippen molar-refractivity contribution < 1.29 is 4.42 Å². The highest BCUT2D eigenvalue weighted by molar-refractivity contribution is 5.05. The number of nitrogens with zero attached hydrogens (tertiary/aromatic N) is 3. The van der Waals surface area contributed by atoms with Crippen molar-refractivity contribution in [1.82, 2.24) is 20.1 Å². The molecule has 0 unspecified atom stereocenters. The zero-order valence-electron chi connectivity index (χ0n) is 12.3. The molecular formula is C14H22N4O. The molecule has 0 bridgehead atoms. The second kappa shape index (κ2) is 5.57. The van der Waals surface area contributed by atoms with Gasteiger partial charge in [-0.25, -0.2) is 4.98 Å². The van der Waals surface area contributed by atoms with Crippen LogP contribution in [0, 0.1) is 20.8 Å². The fourth-order valence-electron chi connectivity index (χ4n) is 1.92. The number of aromatic nitrogens is 3. The Labute approximate surface area is 114 Å². The molecule has 2 heterocycles. The van der Waals surface area contributed by atoms with Gasteiger partial charge in [-0.1, -0.05) is 0 Å². The lowest BCUT2D eigenvalue weighted by Gasteiger charge is -2.21. The summed E-state index contributed by atoms with van der Waals surface area (Å²) in [6.45, 7) is 10.9. The molecule has 1 N–H and O–H groups in total. The lowest BCUT2D eigenvalue weighted by atomic mass is 10.2. The van der Waals surface area contributed by atoms with Crippen LogP contribution in [-0.4, -0.2) is 20.8 Å². The van der Waals surface area contributed by atoms with Crippen molar-refractivity contribution in [3.63, 3.8) is 0 Å². The lowest BCUT2D eigenvalue weighted by Crippen LogP contribution is -2.33. The molecule has 0 aliphatic heterocycles. The summed E-state index contributed by atoms with van der Waals surface area (Å²) in [4.78, 5) is 4.37. The Bertz CT molecular complexity index is 524. The smallest absolute Gasteiger partial charge is 0.208 e. The summed E-state index contributed by atoms with van der Waals surface area (Å²) in [6, 6.07) is 0.567. The summed E-state index contributed by atoms with van der Waals surface area (Å²) in [5.74, 6) is 1.63. The molecular weight excluding hydrogens is 240 g/mol. The number of nitrogens with one attached hydrogen (secondary N) is 1. The Hall–Kier alpha value is -1.62. The summed E-state index contributed by atoms with van der Waals surface area (Å²) in [5, 5.41) is 7.78. The Morgan fingerprint density at radius 3 is 2.58 bits per heavy atom. The highest BCUT2D eigenvalue weighted by atomic mass is 16.4. The van der Waals surface area contributed by atoms with E-state index in [1.165, 1.54) is 5.56 Å². The van der Waals surface area contributed by atoms with Gasteiger partial charge >= 0.3 is 0 Å². The Kier molecular flexibility index (Phi) is 4.04. The van der Waals surface area contributed by atoms with Gasteiger partial charge in [0.1, 0.15) is 5.76 Å². The zero-order chi connectivity index (χ0) is 14.0. The van der Waals surface area contributed by atoms with Gasteiger partial charge in [-0.3, -0.25) is 4.68 Å². The SMILES string of the molecule is Cc1cnn([C@@H](C)[C@@H](C)NCc2nc(C)c(C)o2)c1. The van der Waals surface area contributed by atoms with E-state index in [1.54, 1.807) is 0 Å². The van der Waals surface area contributed by atoms with E-state index in [0.29, 0.717) is 6.54 Å². The fraction of sp³-hybridized carbons (Fsp3) is 0.571. The van der Waals surface area contributed by atoms with Gasteiger partial charge < -0.3 is 9.73 Å². The van der Waals surface area contributed by atoms with E-state index < -0.39 is 0 Å². The molecule has 19 heavy (non-hydrogen) atoms. The summed E-state index contributed by atoms with van der Waals surface area (Å²) in [5.41, 5.74) is 2.14. The first kappa shape index (κ1) is 13.8. The molecule has 0 aliphatic carbocycles. The van der Waals surface area contributed by atoms with Crippen LogP contribution in [0.4, 0.5) is 0 Å². The summed E-state index contributed by atoms with van der Waals surface area (Å²) in [7, 11) is 0. The van der Waals surface area contributed by atoms with Gasteiger partial charge in [-0.05, 0) is 40.2 Å². The van der Waals surface area contributed by atoms with Crippen LogP contribution in [0.5, 0.6) is 0 Å². The van der Waals surface area contributed by atoms with Gasteiger partial charge in [0.2, 0.25) is 5.89 Å². The number of hydrogen-bond donors (Lipinski definition) is 1. The normalized spacial score (nSPS) is 14.6. The molecule has 0 spiro atoms. The van der Waals surface area contributed by atoms with Gasteiger partial charge in [0.15, 0.2) is 0 Å². The predicted molar refractivity (Wildman–Crippen MR) is 74.0 cm³/mol. The summed E-state index contributed by atoms with van der Waals surface area (Å²) in [6.07, 6.45) is 3.94. The van der Waals surface area contributed by atoms with Crippen molar-refractivity contribution in [1.29, 1.82) is 0 Å². The van der Waals surface area contributed by atoms with E-state index in [4.69, 9.17) is 4.42 Å². The fourth-order valence-corrected chi connectivity index (χ4v) is 1.92.